The molecule has 21 heavy (non-hydrogen) atoms. The molecular weight excluding hydrogens is 270 g/mol. The van der Waals surface area contributed by atoms with Gasteiger partial charge in [-0.2, -0.15) is 4.39 Å². The molecule has 2 nitrogen and oxygen atoms in total. The second-order valence-electron chi connectivity index (χ2n) is 5.16. The van der Waals surface area contributed by atoms with Crippen molar-refractivity contribution in [3.8, 4) is 0 Å². The Balaban J connectivity index is 2.44. The Kier molecular flexibility index (Phi) is 3.53. The lowest BCUT2D eigenvalue weighted by molar-refractivity contribution is 0.562. The smallest absolute Gasteiger partial charge is 0.216 e. The summed E-state index contributed by atoms with van der Waals surface area (Å²) in [7, 11) is 0. The number of hydrogen-bond donors (Lipinski definition) is 0. The van der Waals surface area contributed by atoms with Gasteiger partial charge >= 0.3 is 0 Å². The van der Waals surface area contributed by atoms with E-state index in [9.17, 15) is 8.78 Å². The van der Waals surface area contributed by atoms with Crippen LogP contribution in [0.2, 0.25) is 0 Å². The van der Waals surface area contributed by atoms with Gasteiger partial charge in [0, 0.05) is 22.5 Å². The molecule has 4 heteroatoms. The molecule has 0 aliphatic heterocycles. The highest BCUT2D eigenvalue weighted by Gasteiger charge is 2.13. The predicted octanol–water partition coefficient (Wildman–Crippen LogP) is 4.58. The van der Waals surface area contributed by atoms with Gasteiger partial charge in [-0.15, -0.1) is 0 Å². The van der Waals surface area contributed by atoms with Gasteiger partial charge < -0.3 is 0 Å². The molecule has 2 aromatic heterocycles. The minimum atomic E-state index is -0.812. The van der Waals surface area contributed by atoms with Gasteiger partial charge in [-0.05, 0) is 30.5 Å². The van der Waals surface area contributed by atoms with Gasteiger partial charge in [-0.1, -0.05) is 26.3 Å². The van der Waals surface area contributed by atoms with Crippen LogP contribution in [-0.2, 0) is 12.8 Å². The number of fused-ring (bicyclic) bond motifs is 3. The molecule has 0 aliphatic carbocycles. The first-order chi connectivity index (χ1) is 10.1. The first kappa shape index (κ1) is 13.9. The summed E-state index contributed by atoms with van der Waals surface area (Å²) in [6, 6.07) is 6.39. The number of nitrogens with zero attached hydrogens (tertiary/aromatic N) is 2. The molecule has 0 saturated heterocycles. The van der Waals surface area contributed by atoms with Gasteiger partial charge in [0.1, 0.15) is 11.3 Å². The molecule has 0 aliphatic rings. The molecular formula is C17H16F2N2. The van der Waals surface area contributed by atoms with Crippen LogP contribution in [0.4, 0.5) is 8.78 Å². The monoisotopic (exact) mass is 286 g/mol. The van der Waals surface area contributed by atoms with E-state index < -0.39 is 11.8 Å². The van der Waals surface area contributed by atoms with Gasteiger partial charge in [0.05, 0.1) is 5.52 Å². The standard InChI is InChI=1S/C17H16F2N2/c1-3-5-11-8-10(4-2)12-6-7-13-14(18)9-15(19)21-17(13)16(12)20-11/h6-9H,3-5H2,1-2H3. The Hall–Kier alpha value is -2.10. The van der Waals surface area contributed by atoms with Crippen molar-refractivity contribution in [2.45, 2.75) is 33.1 Å². The van der Waals surface area contributed by atoms with E-state index in [0.717, 1.165) is 42.0 Å². The van der Waals surface area contributed by atoms with Crippen molar-refractivity contribution in [2.75, 3.05) is 0 Å². The topological polar surface area (TPSA) is 25.8 Å². The molecule has 0 fully saturated rings. The lowest BCUT2D eigenvalue weighted by Gasteiger charge is -2.10. The molecule has 3 aromatic rings. The molecule has 0 radical (unpaired) electrons. The molecule has 0 spiro atoms. The second-order valence-corrected chi connectivity index (χ2v) is 5.16. The largest absolute Gasteiger partial charge is 0.251 e. The Morgan fingerprint density at radius 2 is 1.67 bits per heavy atom. The van der Waals surface area contributed by atoms with E-state index in [1.165, 1.54) is 0 Å². The normalized spacial score (nSPS) is 11.4. The van der Waals surface area contributed by atoms with Crippen molar-refractivity contribution >= 4 is 21.8 Å². The number of aryl methyl sites for hydroxylation is 2. The molecule has 0 amide bonds. The predicted molar refractivity (Wildman–Crippen MR) is 80.3 cm³/mol. The number of rotatable bonds is 3. The highest BCUT2D eigenvalue weighted by Crippen LogP contribution is 2.28. The summed E-state index contributed by atoms with van der Waals surface area (Å²) in [5.41, 5.74) is 2.98. The quantitative estimate of drug-likeness (QED) is 0.520. The Bertz CT molecular complexity index is 828. The van der Waals surface area contributed by atoms with Gasteiger partial charge in [-0.3, -0.25) is 4.98 Å². The van der Waals surface area contributed by atoms with Crippen LogP contribution in [0.3, 0.4) is 0 Å². The lowest BCUT2D eigenvalue weighted by Crippen LogP contribution is -1.98. The maximum Gasteiger partial charge on any atom is 0.216 e. The van der Waals surface area contributed by atoms with Crippen molar-refractivity contribution in [1.82, 2.24) is 9.97 Å². The van der Waals surface area contributed by atoms with E-state index in [0.29, 0.717) is 16.4 Å². The summed E-state index contributed by atoms with van der Waals surface area (Å²) in [6.45, 7) is 4.15. The van der Waals surface area contributed by atoms with Crippen molar-refractivity contribution in [3.05, 3.63) is 47.3 Å². The van der Waals surface area contributed by atoms with Crippen LogP contribution in [-0.4, -0.2) is 9.97 Å². The van der Waals surface area contributed by atoms with Crippen LogP contribution in [0, 0.1) is 11.8 Å². The van der Waals surface area contributed by atoms with Crippen LogP contribution in [0.5, 0.6) is 0 Å². The van der Waals surface area contributed by atoms with Crippen LogP contribution in [0.15, 0.2) is 24.3 Å². The number of halogens is 2. The van der Waals surface area contributed by atoms with Crippen LogP contribution in [0.25, 0.3) is 21.8 Å². The molecule has 2 heterocycles. The molecule has 0 saturated carbocycles. The lowest BCUT2D eigenvalue weighted by atomic mass is 10.0. The minimum Gasteiger partial charge on any atom is -0.251 e. The Labute approximate surface area is 121 Å². The van der Waals surface area contributed by atoms with E-state index in [1.807, 2.05) is 6.07 Å². The molecule has 0 bridgehead atoms. The van der Waals surface area contributed by atoms with Crippen molar-refractivity contribution in [1.29, 1.82) is 0 Å². The SMILES string of the molecule is CCCc1cc(CC)c2ccc3c(F)cc(F)nc3c2n1. The number of benzene rings is 1. The summed E-state index contributed by atoms with van der Waals surface area (Å²) in [6.07, 6.45) is 2.67. The molecule has 0 unspecified atom stereocenters. The third-order valence-corrected chi connectivity index (χ3v) is 3.70. The summed E-state index contributed by atoms with van der Waals surface area (Å²) >= 11 is 0. The highest BCUT2D eigenvalue weighted by atomic mass is 19.1. The Morgan fingerprint density at radius 1 is 0.952 bits per heavy atom. The molecule has 0 N–H and O–H groups in total. The fourth-order valence-electron chi connectivity index (χ4n) is 2.71. The first-order valence-electron chi connectivity index (χ1n) is 7.21. The Morgan fingerprint density at radius 3 is 2.38 bits per heavy atom. The average Bonchev–Trinajstić information content (AvgIpc) is 2.46. The summed E-state index contributed by atoms with van der Waals surface area (Å²) < 4.78 is 27.4. The van der Waals surface area contributed by atoms with Crippen molar-refractivity contribution in [3.63, 3.8) is 0 Å². The molecule has 3 rings (SSSR count). The summed E-state index contributed by atoms with van der Waals surface area (Å²) in [5, 5.41) is 1.23. The van der Waals surface area contributed by atoms with Gasteiger partial charge in [0.2, 0.25) is 5.95 Å². The maximum absolute atomic E-state index is 13.9. The minimum absolute atomic E-state index is 0.303. The maximum atomic E-state index is 13.9. The summed E-state index contributed by atoms with van der Waals surface area (Å²) in [5.74, 6) is -1.41. The van der Waals surface area contributed by atoms with E-state index in [1.54, 1.807) is 6.07 Å². The molecule has 108 valence electrons. The van der Waals surface area contributed by atoms with Crippen molar-refractivity contribution in [2.24, 2.45) is 0 Å². The molecule has 1 aromatic carbocycles. The second kappa shape index (κ2) is 5.35. The van der Waals surface area contributed by atoms with Gasteiger partial charge in [0.25, 0.3) is 0 Å². The molecule has 0 atom stereocenters. The highest BCUT2D eigenvalue weighted by molar-refractivity contribution is 6.04. The zero-order valence-electron chi connectivity index (χ0n) is 12.1. The van der Waals surface area contributed by atoms with Crippen LogP contribution >= 0.6 is 0 Å². The van der Waals surface area contributed by atoms with E-state index in [4.69, 9.17) is 0 Å². The van der Waals surface area contributed by atoms with Gasteiger partial charge in [0.15, 0.2) is 0 Å². The average molecular weight is 286 g/mol. The van der Waals surface area contributed by atoms with E-state index in [2.05, 4.69) is 29.9 Å². The van der Waals surface area contributed by atoms with Crippen LogP contribution < -0.4 is 0 Å². The van der Waals surface area contributed by atoms with E-state index in [-0.39, 0.29) is 0 Å². The van der Waals surface area contributed by atoms with Crippen molar-refractivity contribution < 1.29 is 8.78 Å². The summed E-state index contributed by atoms with van der Waals surface area (Å²) in [4.78, 5) is 8.46. The zero-order chi connectivity index (χ0) is 15.0. The van der Waals surface area contributed by atoms with Gasteiger partial charge in [-0.25, -0.2) is 9.37 Å². The van der Waals surface area contributed by atoms with E-state index >= 15 is 0 Å². The number of aromatic nitrogens is 2. The third kappa shape index (κ3) is 2.35. The first-order valence-corrected chi connectivity index (χ1v) is 7.21. The fourth-order valence-corrected chi connectivity index (χ4v) is 2.71. The number of hydrogen-bond acceptors (Lipinski definition) is 2. The number of pyridine rings is 2. The van der Waals surface area contributed by atoms with Crippen LogP contribution in [0.1, 0.15) is 31.5 Å². The zero-order valence-corrected chi connectivity index (χ0v) is 12.1. The fraction of sp³-hybridized carbons (Fsp3) is 0.294. The third-order valence-electron chi connectivity index (χ3n) is 3.70.